The molecule has 1 aliphatic heterocycles. The van der Waals surface area contributed by atoms with Gasteiger partial charge in [-0.05, 0) is 47.7 Å². The fourth-order valence-electron chi connectivity index (χ4n) is 2.99. The fourth-order valence-corrected chi connectivity index (χ4v) is 2.99. The first-order chi connectivity index (χ1) is 11.2. The highest BCUT2D eigenvalue weighted by atomic mass is 15.1. The van der Waals surface area contributed by atoms with Gasteiger partial charge in [-0.1, -0.05) is 50.6 Å². The average Bonchev–Trinajstić information content (AvgIpc) is 2.56. The zero-order valence-corrected chi connectivity index (χ0v) is 14.5. The lowest BCUT2D eigenvalue weighted by Gasteiger charge is -2.29. The molecule has 0 atom stereocenters. The molecule has 0 amide bonds. The summed E-state index contributed by atoms with van der Waals surface area (Å²) in [6, 6.07) is 16.7. The number of nitriles is 1. The first-order valence-corrected chi connectivity index (χ1v) is 8.46. The maximum Gasteiger partial charge on any atom is 0.0991 e. The molecule has 23 heavy (non-hydrogen) atoms. The first kappa shape index (κ1) is 17.2. The van der Waals surface area contributed by atoms with Gasteiger partial charge in [-0.15, -0.1) is 0 Å². The van der Waals surface area contributed by atoms with E-state index in [1.165, 1.54) is 28.7 Å². The summed E-state index contributed by atoms with van der Waals surface area (Å²) in [5.74, 6) is 0. The molecule has 3 rings (SSSR count). The van der Waals surface area contributed by atoms with E-state index < -0.39 is 0 Å². The van der Waals surface area contributed by atoms with Gasteiger partial charge in [-0.3, -0.25) is 4.90 Å². The van der Waals surface area contributed by atoms with Crippen LogP contribution in [0.25, 0.3) is 0 Å². The van der Waals surface area contributed by atoms with Gasteiger partial charge in [0.05, 0.1) is 11.6 Å². The molecule has 0 bridgehead atoms. The Kier molecular flexibility index (Phi) is 6.38. The predicted octanol–water partition coefficient (Wildman–Crippen LogP) is 4.84. The second kappa shape index (κ2) is 8.50. The molecule has 2 heteroatoms. The minimum absolute atomic E-state index is 0.746. The highest BCUT2D eigenvalue weighted by Crippen LogP contribution is 2.23. The minimum atomic E-state index is 0.746. The Morgan fingerprint density at radius 3 is 2.61 bits per heavy atom. The minimum Gasteiger partial charge on any atom is -0.294 e. The maximum absolute atomic E-state index is 8.96. The number of rotatable bonds is 2. The highest BCUT2D eigenvalue weighted by Gasteiger charge is 2.17. The molecule has 0 aliphatic carbocycles. The van der Waals surface area contributed by atoms with Crippen LogP contribution in [0.2, 0.25) is 0 Å². The van der Waals surface area contributed by atoms with Gasteiger partial charge in [0.25, 0.3) is 0 Å². The third-order valence-electron chi connectivity index (χ3n) is 4.04. The summed E-state index contributed by atoms with van der Waals surface area (Å²) in [6.45, 7) is 9.47. The van der Waals surface area contributed by atoms with Gasteiger partial charge in [0.1, 0.15) is 0 Å². The molecule has 1 aliphatic rings. The van der Waals surface area contributed by atoms with Crippen molar-refractivity contribution in [3.05, 3.63) is 70.3 Å². The van der Waals surface area contributed by atoms with E-state index in [9.17, 15) is 0 Å². The Hall–Kier alpha value is -2.11. The third-order valence-corrected chi connectivity index (χ3v) is 4.04. The van der Waals surface area contributed by atoms with E-state index in [1.54, 1.807) is 0 Å². The second-order valence-corrected chi connectivity index (χ2v) is 6.19. The number of nitrogens with zero attached hydrogens (tertiary/aromatic N) is 2. The van der Waals surface area contributed by atoms with Crippen molar-refractivity contribution in [2.75, 3.05) is 6.54 Å². The lowest BCUT2D eigenvalue weighted by atomic mass is 9.95. The van der Waals surface area contributed by atoms with Gasteiger partial charge in [-0.25, -0.2) is 0 Å². The summed E-state index contributed by atoms with van der Waals surface area (Å²) in [6.07, 6.45) is 2.37. The molecule has 0 N–H and O–H groups in total. The van der Waals surface area contributed by atoms with E-state index in [4.69, 9.17) is 5.26 Å². The van der Waals surface area contributed by atoms with E-state index in [1.807, 2.05) is 18.2 Å². The molecule has 0 radical (unpaired) electrons. The van der Waals surface area contributed by atoms with Gasteiger partial charge >= 0.3 is 0 Å². The van der Waals surface area contributed by atoms with Crippen molar-refractivity contribution in [1.29, 1.82) is 5.26 Å². The van der Waals surface area contributed by atoms with E-state index in [0.717, 1.165) is 31.6 Å². The zero-order valence-electron chi connectivity index (χ0n) is 14.5. The summed E-state index contributed by atoms with van der Waals surface area (Å²) in [4.78, 5) is 2.46. The van der Waals surface area contributed by atoms with Gasteiger partial charge in [0.2, 0.25) is 0 Å². The molecule has 0 fully saturated rings. The van der Waals surface area contributed by atoms with Crippen molar-refractivity contribution < 1.29 is 0 Å². The van der Waals surface area contributed by atoms with Crippen molar-refractivity contribution in [2.24, 2.45) is 0 Å². The summed E-state index contributed by atoms with van der Waals surface area (Å²) in [5, 5.41) is 8.96. The van der Waals surface area contributed by atoms with Crippen LogP contribution in [-0.4, -0.2) is 11.4 Å². The topological polar surface area (TPSA) is 27.0 Å². The highest BCUT2D eigenvalue weighted by molar-refractivity contribution is 5.37. The molecule has 1 heterocycles. The molecule has 0 spiro atoms. The molecule has 2 aromatic carbocycles. The smallest absolute Gasteiger partial charge is 0.0991 e. The molecule has 2 nitrogen and oxygen atoms in total. The van der Waals surface area contributed by atoms with Crippen molar-refractivity contribution in [2.45, 2.75) is 46.7 Å². The van der Waals surface area contributed by atoms with Crippen LogP contribution in [-0.2, 0) is 19.5 Å². The summed E-state index contributed by atoms with van der Waals surface area (Å²) in [5.41, 5.74) is 6.35. The number of hydrogen-bond acceptors (Lipinski definition) is 2. The van der Waals surface area contributed by atoms with Gasteiger partial charge in [0.15, 0.2) is 0 Å². The van der Waals surface area contributed by atoms with Crippen molar-refractivity contribution >= 4 is 0 Å². The van der Waals surface area contributed by atoms with Crippen LogP contribution in [0.3, 0.4) is 0 Å². The van der Waals surface area contributed by atoms with Crippen LogP contribution in [0.1, 0.15) is 48.1 Å². The zero-order chi connectivity index (χ0) is 16.7. The van der Waals surface area contributed by atoms with Gasteiger partial charge in [-0.2, -0.15) is 5.26 Å². The van der Waals surface area contributed by atoms with Gasteiger partial charge in [0, 0.05) is 19.6 Å². The standard InChI is InChI=1S/C18H18N2.C3H8/c1-14-4-2-7-17-13-20(9-8-18(14)17)12-16-6-3-5-15(10-16)11-19;1-3-2/h2-7,10H,8-9,12-13H2,1H3;3H2,1-2H3. The molecular weight excluding hydrogens is 280 g/mol. The average molecular weight is 306 g/mol. The Labute approximate surface area is 140 Å². The second-order valence-electron chi connectivity index (χ2n) is 6.19. The lowest BCUT2D eigenvalue weighted by Crippen LogP contribution is -2.30. The summed E-state index contributed by atoms with van der Waals surface area (Å²) < 4.78 is 0. The van der Waals surface area contributed by atoms with Crippen molar-refractivity contribution in [3.63, 3.8) is 0 Å². The van der Waals surface area contributed by atoms with Crippen LogP contribution >= 0.6 is 0 Å². The summed E-state index contributed by atoms with van der Waals surface area (Å²) >= 11 is 0. The Morgan fingerprint density at radius 1 is 1.13 bits per heavy atom. The molecule has 2 aromatic rings. The van der Waals surface area contributed by atoms with Gasteiger partial charge < -0.3 is 0 Å². The Morgan fingerprint density at radius 2 is 1.87 bits per heavy atom. The summed E-state index contributed by atoms with van der Waals surface area (Å²) in [7, 11) is 0. The predicted molar refractivity (Wildman–Crippen MR) is 96.1 cm³/mol. The quantitative estimate of drug-likeness (QED) is 0.793. The van der Waals surface area contributed by atoms with Crippen LogP contribution in [0.4, 0.5) is 0 Å². The Bertz CT molecular complexity index is 682. The number of fused-ring (bicyclic) bond motifs is 1. The number of hydrogen-bond donors (Lipinski definition) is 0. The van der Waals surface area contributed by atoms with Crippen molar-refractivity contribution in [1.82, 2.24) is 4.90 Å². The normalized spacial score (nSPS) is 13.5. The number of aryl methyl sites for hydroxylation is 1. The Balaban J connectivity index is 0.000000595. The van der Waals surface area contributed by atoms with Crippen LogP contribution in [0, 0.1) is 18.3 Å². The van der Waals surface area contributed by atoms with Crippen LogP contribution in [0.15, 0.2) is 42.5 Å². The molecule has 0 aromatic heterocycles. The van der Waals surface area contributed by atoms with E-state index in [0.29, 0.717) is 0 Å². The van der Waals surface area contributed by atoms with Crippen LogP contribution in [0.5, 0.6) is 0 Å². The van der Waals surface area contributed by atoms with Crippen LogP contribution < -0.4 is 0 Å². The fraction of sp³-hybridized carbons (Fsp3) is 0.381. The molecule has 0 saturated carbocycles. The largest absolute Gasteiger partial charge is 0.294 e. The van der Waals surface area contributed by atoms with E-state index in [-0.39, 0.29) is 0 Å². The molecule has 0 saturated heterocycles. The van der Waals surface area contributed by atoms with E-state index in [2.05, 4.69) is 56.0 Å². The third kappa shape index (κ3) is 4.68. The molecular formula is C21H26N2. The first-order valence-electron chi connectivity index (χ1n) is 8.46. The lowest BCUT2D eigenvalue weighted by molar-refractivity contribution is 0.245. The number of benzene rings is 2. The molecule has 120 valence electrons. The maximum atomic E-state index is 8.96. The van der Waals surface area contributed by atoms with Crippen molar-refractivity contribution in [3.8, 4) is 6.07 Å². The molecule has 0 unspecified atom stereocenters. The van der Waals surface area contributed by atoms with E-state index >= 15 is 0 Å². The monoisotopic (exact) mass is 306 g/mol. The SMILES string of the molecule is CCC.Cc1cccc2c1CCN(Cc1cccc(C#N)c1)C2.